The smallest absolute Gasteiger partial charge is 0.251 e. The summed E-state index contributed by atoms with van der Waals surface area (Å²) < 4.78 is 10.7. The lowest BCUT2D eigenvalue weighted by Crippen LogP contribution is -2.55. The minimum absolute atomic E-state index is 0. The van der Waals surface area contributed by atoms with Gasteiger partial charge >= 0.3 is 0 Å². The number of nitrogens with one attached hydrogen (secondary N) is 1. The van der Waals surface area contributed by atoms with E-state index in [0.29, 0.717) is 26.2 Å². The van der Waals surface area contributed by atoms with Crippen molar-refractivity contribution in [2.24, 2.45) is 4.99 Å². The molecular weight excluding hydrogens is 461 g/mol. The average Bonchev–Trinajstić information content (AvgIpc) is 3.29. The second-order valence-corrected chi connectivity index (χ2v) is 6.79. The first-order chi connectivity index (χ1) is 12.6. The summed E-state index contributed by atoms with van der Waals surface area (Å²) in [7, 11) is 0. The summed E-state index contributed by atoms with van der Waals surface area (Å²) in [5.41, 5.74) is 1.92. The number of halogens is 1. The summed E-state index contributed by atoms with van der Waals surface area (Å²) in [6.45, 7) is 10.9. The Morgan fingerprint density at radius 1 is 1.26 bits per heavy atom. The zero-order valence-electron chi connectivity index (χ0n) is 16.4. The van der Waals surface area contributed by atoms with Gasteiger partial charge in [-0.15, -0.1) is 24.0 Å². The molecule has 0 saturated carbocycles. The number of carbonyl (C=O) groups is 1. The van der Waals surface area contributed by atoms with Crippen molar-refractivity contribution in [1.82, 2.24) is 20.3 Å². The summed E-state index contributed by atoms with van der Waals surface area (Å²) in [4.78, 5) is 21.4. The van der Waals surface area contributed by atoms with Crippen molar-refractivity contribution in [3.05, 3.63) is 17.0 Å². The molecule has 0 bridgehead atoms. The summed E-state index contributed by atoms with van der Waals surface area (Å²) >= 11 is 0. The SMILES string of the molecule is CCNC(=NCc1c(C)noc1C)N1CCN(C(=O)C2CCCO2)CC1.I. The highest BCUT2D eigenvalue weighted by Gasteiger charge is 2.30. The van der Waals surface area contributed by atoms with Crippen LogP contribution in [0.15, 0.2) is 9.52 Å². The van der Waals surface area contributed by atoms with Gasteiger partial charge in [-0.25, -0.2) is 4.99 Å². The Hall–Kier alpha value is -1.36. The molecule has 3 heterocycles. The van der Waals surface area contributed by atoms with E-state index in [1.54, 1.807) is 0 Å². The molecule has 152 valence electrons. The fourth-order valence-corrected chi connectivity index (χ4v) is 3.42. The van der Waals surface area contributed by atoms with Crippen molar-refractivity contribution in [1.29, 1.82) is 0 Å². The van der Waals surface area contributed by atoms with Crippen LogP contribution < -0.4 is 5.32 Å². The van der Waals surface area contributed by atoms with Crippen LogP contribution in [0.4, 0.5) is 0 Å². The van der Waals surface area contributed by atoms with Gasteiger partial charge in [0.05, 0.1) is 12.2 Å². The second kappa shape index (κ2) is 10.3. The van der Waals surface area contributed by atoms with Crippen LogP contribution in [0.25, 0.3) is 0 Å². The van der Waals surface area contributed by atoms with Crippen LogP contribution in [0.1, 0.15) is 36.8 Å². The van der Waals surface area contributed by atoms with Crippen LogP contribution in [0.3, 0.4) is 0 Å². The van der Waals surface area contributed by atoms with Gasteiger partial charge in [0, 0.05) is 44.9 Å². The summed E-state index contributed by atoms with van der Waals surface area (Å²) in [5, 5.41) is 7.34. The lowest BCUT2D eigenvalue weighted by atomic mass is 10.2. The molecule has 0 radical (unpaired) electrons. The van der Waals surface area contributed by atoms with Gasteiger partial charge in [-0.2, -0.15) is 0 Å². The largest absolute Gasteiger partial charge is 0.368 e. The van der Waals surface area contributed by atoms with Gasteiger partial charge in [-0.3, -0.25) is 4.79 Å². The quantitative estimate of drug-likeness (QED) is 0.392. The zero-order chi connectivity index (χ0) is 18.5. The van der Waals surface area contributed by atoms with Gasteiger partial charge in [-0.1, -0.05) is 5.16 Å². The molecule has 2 saturated heterocycles. The Morgan fingerprint density at radius 2 is 1.96 bits per heavy atom. The van der Waals surface area contributed by atoms with Crippen molar-refractivity contribution in [3.63, 3.8) is 0 Å². The number of carbonyl (C=O) groups excluding carboxylic acids is 1. The van der Waals surface area contributed by atoms with E-state index in [9.17, 15) is 4.79 Å². The topological polar surface area (TPSA) is 83.2 Å². The number of nitrogens with zero attached hydrogens (tertiary/aromatic N) is 4. The number of aromatic nitrogens is 1. The van der Waals surface area contributed by atoms with Crippen molar-refractivity contribution in [2.75, 3.05) is 39.3 Å². The standard InChI is InChI=1S/C18H29N5O3.HI/c1-4-19-18(20-12-15-13(2)21-26-14(15)3)23-9-7-22(8-10-23)17(24)16-6-5-11-25-16;/h16H,4-12H2,1-3H3,(H,19,20);1H. The molecule has 1 unspecified atom stereocenters. The molecule has 2 aliphatic heterocycles. The highest BCUT2D eigenvalue weighted by molar-refractivity contribution is 14.0. The highest BCUT2D eigenvalue weighted by atomic mass is 127. The van der Waals surface area contributed by atoms with Crippen LogP contribution in [0, 0.1) is 13.8 Å². The lowest BCUT2D eigenvalue weighted by molar-refractivity contribution is -0.142. The molecule has 8 nitrogen and oxygen atoms in total. The maximum Gasteiger partial charge on any atom is 0.251 e. The van der Waals surface area contributed by atoms with Crippen molar-refractivity contribution in [3.8, 4) is 0 Å². The fourth-order valence-electron chi connectivity index (χ4n) is 3.42. The molecule has 1 aromatic heterocycles. The molecule has 1 aromatic rings. The third-order valence-corrected chi connectivity index (χ3v) is 5.00. The number of aryl methyl sites for hydroxylation is 2. The van der Waals surface area contributed by atoms with Gasteiger partial charge in [0.2, 0.25) is 0 Å². The number of hydrogen-bond donors (Lipinski definition) is 1. The third-order valence-electron chi connectivity index (χ3n) is 5.00. The van der Waals surface area contributed by atoms with E-state index in [-0.39, 0.29) is 36.0 Å². The summed E-state index contributed by atoms with van der Waals surface area (Å²) in [5.74, 6) is 1.82. The molecule has 1 atom stereocenters. The minimum Gasteiger partial charge on any atom is -0.368 e. The third kappa shape index (κ3) is 5.34. The van der Waals surface area contributed by atoms with Gasteiger partial charge < -0.3 is 24.4 Å². The first-order valence-electron chi connectivity index (χ1n) is 9.45. The van der Waals surface area contributed by atoms with Crippen LogP contribution in [-0.2, 0) is 16.1 Å². The van der Waals surface area contributed by atoms with Gasteiger partial charge in [0.1, 0.15) is 11.9 Å². The van der Waals surface area contributed by atoms with E-state index in [4.69, 9.17) is 14.3 Å². The van der Waals surface area contributed by atoms with Crippen molar-refractivity contribution in [2.45, 2.75) is 46.3 Å². The number of ether oxygens (including phenoxy) is 1. The number of aliphatic imine (C=N–C) groups is 1. The Morgan fingerprint density at radius 3 is 2.52 bits per heavy atom. The molecule has 0 aromatic carbocycles. The predicted molar refractivity (Wildman–Crippen MR) is 113 cm³/mol. The molecule has 3 rings (SSSR count). The number of amides is 1. The first kappa shape index (κ1) is 21.9. The number of guanidine groups is 1. The van der Waals surface area contributed by atoms with E-state index >= 15 is 0 Å². The molecular formula is C18H30IN5O3. The molecule has 27 heavy (non-hydrogen) atoms. The van der Waals surface area contributed by atoms with E-state index in [0.717, 1.165) is 55.5 Å². The highest BCUT2D eigenvalue weighted by Crippen LogP contribution is 2.17. The van der Waals surface area contributed by atoms with Crippen LogP contribution >= 0.6 is 24.0 Å². The monoisotopic (exact) mass is 491 g/mol. The molecule has 1 N–H and O–H groups in total. The van der Waals surface area contributed by atoms with E-state index in [1.165, 1.54) is 0 Å². The number of rotatable bonds is 4. The molecule has 9 heteroatoms. The number of piperazine rings is 1. The van der Waals surface area contributed by atoms with Crippen LogP contribution in [0.5, 0.6) is 0 Å². The van der Waals surface area contributed by atoms with E-state index in [1.807, 2.05) is 18.7 Å². The summed E-state index contributed by atoms with van der Waals surface area (Å²) in [6.07, 6.45) is 1.60. The van der Waals surface area contributed by atoms with E-state index < -0.39 is 0 Å². The maximum atomic E-state index is 12.5. The summed E-state index contributed by atoms with van der Waals surface area (Å²) in [6, 6.07) is 0. The van der Waals surface area contributed by atoms with Gasteiger partial charge in [-0.05, 0) is 33.6 Å². The molecule has 2 fully saturated rings. The van der Waals surface area contributed by atoms with Crippen molar-refractivity contribution >= 4 is 35.8 Å². The Labute approximate surface area is 177 Å². The van der Waals surface area contributed by atoms with Crippen molar-refractivity contribution < 1.29 is 14.1 Å². The van der Waals surface area contributed by atoms with Gasteiger partial charge in [0.25, 0.3) is 5.91 Å². The Bertz CT molecular complexity index is 630. The first-order valence-corrected chi connectivity index (χ1v) is 9.45. The Kier molecular flexibility index (Phi) is 8.33. The number of hydrogen-bond acceptors (Lipinski definition) is 5. The van der Waals surface area contributed by atoms with Crippen LogP contribution in [-0.4, -0.2) is 72.3 Å². The fraction of sp³-hybridized carbons (Fsp3) is 0.722. The average molecular weight is 491 g/mol. The maximum absolute atomic E-state index is 12.5. The molecule has 1 amide bonds. The Balaban J connectivity index is 0.00000261. The minimum atomic E-state index is -0.233. The van der Waals surface area contributed by atoms with Gasteiger partial charge in [0.15, 0.2) is 5.96 Å². The van der Waals surface area contributed by atoms with Crippen LogP contribution in [0.2, 0.25) is 0 Å². The second-order valence-electron chi connectivity index (χ2n) is 6.79. The lowest BCUT2D eigenvalue weighted by Gasteiger charge is -2.37. The molecule has 0 aliphatic carbocycles. The molecule has 2 aliphatic rings. The zero-order valence-corrected chi connectivity index (χ0v) is 18.7. The van der Waals surface area contributed by atoms with E-state index in [2.05, 4.69) is 22.3 Å². The molecule has 0 spiro atoms. The normalized spacial score (nSPS) is 20.6. The predicted octanol–water partition coefficient (Wildman–Crippen LogP) is 1.70.